The first kappa shape index (κ1) is 19.7. The second-order valence-corrected chi connectivity index (χ2v) is 10.3. The maximum atomic E-state index is 12.8. The normalized spacial score (nSPS) is 33.4. The monoisotopic (exact) mass is 426 g/mol. The molecule has 3 amide bonds. The fourth-order valence-corrected chi connectivity index (χ4v) is 7.07. The molecular weight excluding hydrogens is 400 g/mol. The molecule has 0 atom stereocenters. The Kier molecular flexibility index (Phi) is 4.88. The van der Waals surface area contributed by atoms with Gasteiger partial charge in [-0.25, -0.2) is 0 Å². The highest BCUT2D eigenvalue weighted by atomic mass is 32.2. The van der Waals surface area contributed by atoms with Crippen LogP contribution >= 0.6 is 11.8 Å². The van der Waals surface area contributed by atoms with E-state index in [1.165, 1.54) is 19.3 Å². The van der Waals surface area contributed by atoms with Crippen LogP contribution in [0, 0.1) is 17.8 Å². The number of carbonyl (C=O) groups excluding carboxylic acids is 3. The second-order valence-electron chi connectivity index (χ2n) is 9.29. The molecule has 6 nitrogen and oxygen atoms in total. The average molecular weight is 427 g/mol. The predicted octanol–water partition coefficient (Wildman–Crippen LogP) is 3.82. The lowest BCUT2D eigenvalue weighted by Crippen LogP contribution is -2.61. The Hall–Kier alpha value is -2.28. The van der Waals surface area contributed by atoms with Crippen LogP contribution in [-0.4, -0.2) is 41.1 Å². The van der Waals surface area contributed by atoms with E-state index >= 15 is 0 Å². The summed E-state index contributed by atoms with van der Waals surface area (Å²) in [5.41, 5.74) is 0.686. The first-order valence-electron chi connectivity index (χ1n) is 10.6. The summed E-state index contributed by atoms with van der Waals surface area (Å²) in [6.45, 7) is -0.202. The maximum absolute atomic E-state index is 12.8. The van der Waals surface area contributed by atoms with E-state index in [9.17, 15) is 14.4 Å². The number of hydrogen-bond donors (Lipinski definition) is 1. The SMILES string of the molecule is COc1ccc(/C=C2\SC(=O)N(CC(=O)NC34CC5CC(CC(C5)C3)C4)C2=O)cc1. The van der Waals surface area contributed by atoms with Gasteiger partial charge in [0.15, 0.2) is 0 Å². The van der Waals surface area contributed by atoms with Gasteiger partial charge < -0.3 is 10.1 Å². The average Bonchev–Trinajstić information content (AvgIpc) is 2.94. The first-order chi connectivity index (χ1) is 14.4. The van der Waals surface area contributed by atoms with Gasteiger partial charge in [-0.15, -0.1) is 0 Å². The lowest BCUT2D eigenvalue weighted by molar-refractivity contribution is -0.132. The van der Waals surface area contributed by atoms with Gasteiger partial charge in [-0.05, 0) is 91.8 Å². The summed E-state index contributed by atoms with van der Waals surface area (Å²) in [4.78, 5) is 39.4. The molecule has 1 aliphatic heterocycles. The quantitative estimate of drug-likeness (QED) is 0.725. The molecule has 30 heavy (non-hydrogen) atoms. The third kappa shape index (κ3) is 3.64. The van der Waals surface area contributed by atoms with Crippen LogP contribution in [0.4, 0.5) is 4.79 Å². The van der Waals surface area contributed by atoms with Gasteiger partial charge in [0.05, 0.1) is 12.0 Å². The van der Waals surface area contributed by atoms with Crippen molar-refractivity contribution in [2.45, 2.75) is 44.1 Å². The zero-order valence-electron chi connectivity index (χ0n) is 17.1. The standard InChI is InChI=1S/C23H26N2O4S/c1-29-18-4-2-14(3-5-18)9-19-21(27)25(22(28)30-19)13-20(26)24-23-10-15-6-16(11-23)8-17(7-15)12-23/h2-5,9,15-17H,6-8,10-13H2,1H3,(H,24,26)/b19-9-. The highest BCUT2D eigenvalue weighted by Crippen LogP contribution is 2.55. The number of methoxy groups -OCH3 is 1. The van der Waals surface area contributed by atoms with Crippen molar-refractivity contribution in [2.24, 2.45) is 17.8 Å². The van der Waals surface area contributed by atoms with E-state index in [0.717, 1.165) is 65.0 Å². The minimum atomic E-state index is -0.401. The molecule has 0 spiro atoms. The molecule has 1 N–H and O–H groups in total. The number of hydrogen-bond acceptors (Lipinski definition) is 5. The van der Waals surface area contributed by atoms with Gasteiger partial charge >= 0.3 is 0 Å². The summed E-state index contributed by atoms with van der Waals surface area (Å²) < 4.78 is 5.14. The zero-order chi connectivity index (χ0) is 20.9. The summed E-state index contributed by atoms with van der Waals surface area (Å²) in [5.74, 6) is 2.27. The van der Waals surface area contributed by atoms with Crippen molar-refractivity contribution in [1.29, 1.82) is 0 Å². The molecule has 6 rings (SSSR count). The molecule has 0 aromatic heterocycles. The smallest absolute Gasteiger partial charge is 0.294 e. The van der Waals surface area contributed by atoms with Crippen molar-refractivity contribution in [2.75, 3.05) is 13.7 Å². The number of benzene rings is 1. The second kappa shape index (κ2) is 7.45. The van der Waals surface area contributed by atoms with Crippen LogP contribution in [0.3, 0.4) is 0 Å². The number of ether oxygens (including phenoxy) is 1. The molecule has 0 unspecified atom stereocenters. The van der Waals surface area contributed by atoms with Gasteiger partial charge in [-0.2, -0.15) is 0 Å². The Morgan fingerprint density at radius 3 is 2.30 bits per heavy atom. The molecule has 1 aromatic rings. The van der Waals surface area contributed by atoms with Crippen LogP contribution in [0.1, 0.15) is 44.1 Å². The molecule has 7 heteroatoms. The van der Waals surface area contributed by atoms with Gasteiger partial charge in [0.1, 0.15) is 12.3 Å². The van der Waals surface area contributed by atoms with Gasteiger partial charge in [-0.3, -0.25) is 19.3 Å². The number of amides is 3. The van der Waals surface area contributed by atoms with E-state index in [2.05, 4.69) is 5.32 Å². The summed E-state index contributed by atoms with van der Waals surface area (Å²) in [6, 6.07) is 7.25. The van der Waals surface area contributed by atoms with E-state index in [1.807, 2.05) is 12.1 Å². The van der Waals surface area contributed by atoms with E-state index in [4.69, 9.17) is 4.74 Å². The lowest BCUT2D eigenvalue weighted by atomic mass is 9.53. The molecule has 4 saturated carbocycles. The molecule has 0 radical (unpaired) electrons. The Morgan fingerprint density at radius 2 is 1.73 bits per heavy atom. The van der Waals surface area contributed by atoms with E-state index in [0.29, 0.717) is 4.91 Å². The third-order valence-electron chi connectivity index (χ3n) is 7.03. The van der Waals surface area contributed by atoms with E-state index < -0.39 is 5.91 Å². The van der Waals surface area contributed by atoms with Crippen molar-refractivity contribution in [1.82, 2.24) is 10.2 Å². The Balaban J connectivity index is 1.25. The number of thioether (sulfide) groups is 1. The van der Waals surface area contributed by atoms with Crippen LogP contribution < -0.4 is 10.1 Å². The molecule has 158 valence electrons. The minimum Gasteiger partial charge on any atom is -0.497 e. The van der Waals surface area contributed by atoms with Crippen LogP contribution in [0.15, 0.2) is 29.2 Å². The van der Waals surface area contributed by atoms with E-state index in [1.54, 1.807) is 25.3 Å². The molecule has 1 aromatic carbocycles. The molecule has 5 aliphatic rings. The highest BCUT2D eigenvalue weighted by Gasteiger charge is 2.51. The summed E-state index contributed by atoms with van der Waals surface area (Å²) in [6.07, 6.45) is 8.72. The molecule has 1 saturated heterocycles. The molecule has 5 fully saturated rings. The number of nitrogens with one attached hydrogen (secondary N) is 1. The maximum Gasteiger partial charge on any atom is 0.294 e. The van der Waals surface area contributed by atoms with Gasteiger partial charge in [0.25, 0.3) is 11.1 Å². The van der Waals surface area contributed by atoms with Crippen molar-refractivity contribution in [3.05, 3.63) is 34.7 Å². The van der Waals surface area contributed by atoms with Crippen molar-refractivity contribution in [3.8, 4) is 5.75 Å². The summed E-state index contributed by atoms with van der Waals surface area (Å²) >= 11 is 0.886. The fourth-order valence-electron chi connectivity index (χ4n) is 6.23. The molecular formula is C23H26N2O4S. The van der Waals surface area contributed by atoms with Crippen LogP contribution in [0.2, 0.25) is 0 Å². The van der Waals surface area contributed by atoms with Crippen LogP contribution in [0.5, 0.6) is 5.75 Å². The fraction of sp³-hybridized carbons (Fsp3) is 0.522. The van der Waals surface area contributed by atoms with Crippen molar-refractivity contribution >= 4 is 34.9 Å². The van der Waals surface area contributed by atoms with Crippen LogP contribution in [0.25, 0.3) is 6.08 Å². The Morgan fingerprint density at radius 1 is 1.13 bits per heavy atom. The van der Waals surface area contributed by atoms with Gasteiger partial charge in [0.2, 0.25) is 5.91 Å². The lowest BCUT2D eigenvalue weighted by Gasteiger charge is -2.56. The number of carbonyl (C=O) groups is 3. The molecule has 1 heterocycles. The summed E-state index contributed by atoms with van der Waals surface area (Å²) in [7, 11) is 1.59. The van der Waals surface area contributed by atoms with Crippen molar-refractivity contribution < 1.29 is 19.1 Å². The number of nitrogens with zero attached hydrogens (tertiary/aromatic N) is 1. The first-order valence-corrected chi connectivity index (χ1v) is 11.5. The largest absolute Gasteiger partial charge is 0.497 e. The summed E-state index contributed by atoms with van der Waals surface area (Å²) in [5, 5.41) is 2.85. The topological polar surface area (TPSA) is 75.7 Å². The number of rotatable bonds is 5. The number of imide groups is 1. The Bertz CT molecular complexity index is 888. The van der Waals surface area contributed by atoms with Gasteiger partial charge in [-0.1, -0.05) is 12.1 Å². The van der Waals surface area contributed by atoms with Gasteiger partial charge in [0, 0.05) is 5.54 Å². The van der Waals surface area contributed by atoms with Crippen molar-refractivity contribution in [3.63, 3.8) is 0 Å². The van der Waals surface area contributed by atoms with E-state index in [-0.39, 0.29) is 23.2 Å². The highest BCUT2D eigenvalue weighted by molar-refractivity contribution is 8.18. The van der Waals surface area contributed by atoms with Crippen LogP contribution in [-0.2, 0) is 9.59 Å². The minimum absolute atomic E-state index is 0.118. The zero-order valence-corrected chi connectivity index (χ0v) is 17.9. The molecule has 4 aliphatic carbocycles. The molecule has 4 bridgehead atoms. The third-order valence-corrected chi connectivity index (χ3v) is 7.94. The Labute approximate surface area is 180 Å². The predicted molar refractivity (Wildman–Crippen MR) is 115 cm³/mol.